The number of hydrogen-bond acceptors (Lipinski definition) is 8. The number of likely N-dealkylation sites (tertiary alicyclic amines) is 1. The molecule has 1 fully saturated rings. The highest BCUT2D eigenvalue weighted by atomic mass is 16.3. The number of nitrogens with one attached hydrogen (secondary N) is 1. The Morgan fingerprint density at radius 3 is 2.50 bits per heavy atom. The number of fused-ring (bicyclic) bond motifs is 1. The van der Waals surface area contributed by atoms with E-state index in [0.717, 1.165) is 16.8 Å². The van der Waals surface area contributed by atoms with E-state index >= 15 is 0 Å². The van der Waals surface area contributed by atoms with Gasteiger partial charge in [0.15, 0.2) is 5.65 Å². The molecular formula is C22H22N8O2. The first kappa shape index (κ1) is 19.9. The average Bonchev–Trinajstić information content (AvgIpc) is 3.19. The summed E-state index contributed by atoms with van der Waals surface area (Å²) >= 11 is 0. The molecular weight excluding hydrogens is 408 g/mol. The third-order valence-corrected chi connectivity index (χ3v) is 5.25. The molecule has 3 aromatic heterocycles. The fraction of sp³-hybridized carbons (Fsp3) is 0.227. The van der Waals surface area contributed by atoms with Gasteiger partial charge in [-0.1, -0.05) is 0 Å². The van der Waals surface area contributed by atoms with Crippen LogP contribution < -0.4 is 10.2 Å². The van der Waals surface area contributed by atoms with Crippen LogP contribution in [0.25, 0.3) is 16.8 Å². The summed E-state index contributed by atoms with van der Waals surface area (Å²) in [5.41, 5.74) is 3.74. The number of amides is 1. The molecule has 1 aromatic carbocycles. The minimum Gasteiger partial charge on any atom is -0.389 e. The largest absolute Gasteiger partial charge is 0.389 e. The lowest BCUT2D eigenvalue weighted by Gasteiger charge is -2.35. The number of β-amino-alcohol motifs (C(OH)–C–C–N with tert-alkyl or cyclic N) is 1. The van der Waals surface area contributed by atoms with Crippen molar-refractivity contribution in [1.29, 1.82) is 0 Å². The van der Waals surface area contributed by atoms with Crippen molar-refractivity contribution in [3.05, 3.63) is 60.6 Å². The molecule has 1 aliphatic heterocycles. The lowest BCUT2D eigenvalue weighted by molar-refractivity contribution is 0.00590. The summed E-state index contributed by atoms with van der Waals surface area (Å²) in [6, 6.07) is 11.0. The summed E-state index contributed by atoms with van der Waals surface area (Å²) in [6.45, 7) is 0.768. The fourth-order valence-electron chi connectivity index (χ4n) is 3.50. The summed E-state index contributed by atoms with van der Waals surface area (Å²) in [6.07, 6.45) is 4.96. The van der Waals surface area contributed by atoms with Gasteiger partial charge in [-0.3, -0.25) is 4.79 Å². The zero-order valence-corrected chi connectivity index (χ0v) is 17.7. The molecule has 2 N–H and O–H groups in total. The van der Waals surface area contributed by atoms with Gasteiger partial charge >= 0.3 is 0 Å². The quantitative estimate of drug-likeness (QED) is 0.493. The molecule has 4 heterocycles. The molecule has 0 bridgehead atoms. The maximum Gasteiger partial charge on any atom is 0.254 e. The SMILES string of the molecule is CN(C)c1ncc(-c2cccn3nc(Nc4ccc(C(=O)N5CC(O)C5)cc4)nc23)cn1. The first-order valence-electron chi connectivity index (χ1n) is 10.2. The summed E-state index contributed by atoms with van der Waals surface area (Å²) in [5, 5.41) is 17.1. The average molecular weight is 430 g/mol. The molecule has 10 nitrogen and oxygen atoms in total. The number of carbonyl (C=O) groups is 1. The standard InChI is InChI=1S/C22H22N8O2/c1-28(2)22-23-10-15(11-24-22)18-4-3-9-30-19(18)26-21(27-30)25-16-7-5-14(6-8-16)20(32)29-12-17(31)13-29/h3-11,17,31H,12-13H2,1-2H3,(H,25,27). The number of carbonyl (C=O) groups excluding carboxylic acids is 1. The number of aliphatic hydroxyl groups excluding tert-OH is 1. The van der Waals surface area contributed by atoms with Crippen LogP contribution in [0.1, 0.15) is 10.4 Å². The van der Waals surface area contributed by atoms with Crippen LogP contribution in [-0.4, -0.2) is 73.8 Å². The Morgan fingerprint density at radius 2 is 1.84 bits per heavy atom. The van der Waals surface area contributed by atoms with Crippen LogP contribution in [0.2, 0.25) is 0 Å². The molecule has 0 atom stereocenters. The highest BCUT2D eigenvalue weighted by molar-refractivity contribution is 5.95. The Bertz CT molecular complexity index is 1260. The molecule has 162 valence electrons. The van der Waals surface area contributed by atoms with Gasteiger partial charge < -0.3 is 20.2 Å². The van der Waals surface area contributed by atoms with Crippen LogP contribution in [0.4, 0.5) is 17.6 Å². The van der Waals surface area contributed by atoms with Gasteiger partial charge in [-0.2, -0.15) is 4.98 Å². The second-order valence-corrected chi connectivity index (χ2v) is 7.86. The molecule has 32 heavy (non-hydrogen) atoms. The van der Waals surface area contributed by atoms with Crippen LogP contribution in [-0.2, 0) is 0 Å². The van der Waals surface area contributed by atoms with E-state index in [9.17, 15) is 9.90 Å². The lowest BCUT2D eigenvalue weighted by atomic mass is 10.1. The van der Waals surface area contributed by atoms with E-state index < -0.39 is 6.10 Å². The molecule has 1 amide bonds. The number of aliphatic hydroxyl groups is 1. The van der Waals surface area contributed by atoms with Gasteiger partial charge in [0.05, 0.1) is 6.10 Å². The second-order valence-electron chi connectivity index (χ2n) is 7.86. The summed E-state index contributed by atoms with van der Waals surface area (Å²) in [4.78, 5) is 29.2. The number of benzene rings is 1. The summed E-state index contributed by atoms with van der Waals surface area (Å²) in [7, 11) is 3.79. The second kappa shape index (κ2) is 7.89. The van der Waals surface area contributed by atoms with Crippen molar-refractivity contribution in [3.8, 4) is 11.1 Å². The maximum absolute atomic E-state index is 12.3. The van der Waals surface area contributed by atoms with E-state index in [4.69, 9.17) is 0 Å². The van der Waals surface area contributed by atoms with E-state index in [-0.39, 0.29) is 5.91 Å². The highest BCUT2D eigenvalue weighted by Gasteiger charge is 2.29. The van der Waals surface area contributed by atoms with Gasteiger partial charge in [-0.05, 0) is 36.4 Å². The van der Waals surface area contributed by atoms with Crippen molar-refractivity contribution in [2.24, 2.45) is 0 Å². The first-order chi connectivity index (χ1) is 15.5. The molecule has 1 saturated heterocycles. The van der Waals surface area contributed by atoms with Gasteiger partial charge in [0, 0.05) is 68.2 Å². The number of hydrogen-bond donors (Lipinski definition) is 2. The predicted molar refractivity (Wildman–Crippen MR) is 120 cm³/mol. The van der Waals surface area contributed by atoms with Crippen molar-refractivity contribution in [1.82, 2.24) is 29.5 Å². The van der Waals surface area contributed by atoms with Crippen LogP contribution in [0.5, 0.6) is 0 Å². The lowest BCUT2D eigenvalue weighted by Crippen LogP contribution is -2.53. The molecule has 1 aliphatic rings. The number of anilines is 3. The van der Waals surface area contributed by atoms with Crippen molar-refractivity contribution in [2.75, 3.05) is 37.4 Å². The maximum atomic E-state index is 12.3. The zero-order chi connectivity index (χ0) is 22.2. The third-order valence-electron chi connectivity index (χ3n) is 5.25. The van der Waals surface area contributed by atoms with Gasteiger partial charge in [0.1, 0.15) is 0 Å². The molecule has 0 saturated carbocycles. The number of aromatic nitrogens is 5. The van der Waals surface area contributed by atoms with Gasteiger partial charge in [-0.25, -0.2) is 14.5 Å². The van der Waals surface area contributed by atoms with Gasteiger partial charge in [-0.15, -0.1) is 5.10 Å². The normalized spacial score (nSPS) is 13.8. The number of rotatable bonds is 5. The Kier molecular flexibility index (Phi) is 4.91. The molecule has 0 radical (unpaired) electrons. The van der Waals surface area contributed by atoms with E-state index in [0.29, 0.717) is 36.2 Å². The Hall–Kier alpha value is -4.05. The van der Waals surface area contributed by atoms with Crippen LogP contribution in [0, 0.1) is 0 Å². The molecule has 0 unspecified atom stereocenters. The van der Waals surface area contributed by atoms with E-state index in [1.54, 1.807) is 33.9 Å². The van der Waals surface area contributed by atoms with Crippen molar-refractivity contribution in [3.63, 3.8) is 0 Å². The van der Waals surface area contributed by atoms with E-state index in [1.807, 2.05) is 49.5 Å². The molecule has 4 aromatic rings. The molecule has 0 spiro atoms. The van der Waals surface area contributed by atoms with E-state index in [2.05, 4.69) is 25.4 Å². The van der Waals surface area contributed by atoms with Crippen LogP contribution in [0.3, 0.4) is 0 Å². The Morgan fingerprint density at radius 1 is 1.12 bits per heavy atom. The number of pyridine rings is 1. The van der Waals surface area contributed by atoms with Crippen LogP contribution >= 0.6 is 0 Å². The predicted octanol–water partition coefficient (Wildman–Crippen LogP) is 1.81. The monoisotopic (exact) mass is 430 g/mol. The fourth-order valence-corrected chi connectivity index (χ4v) is 3.50. The third kappa shape index (κ3) is 3.71. The topological polar surface area (TPSA) is 112 Å². The Balaban J connectivity index is 1.36. The molecule has 0 aliphatic carbocycles. The molecule has 5 rings (SSSR count). The van der Waals surface area contributed by atoms with Gasteiger partial charge in [0.25, 0.3) is 5.91 Å². The minimum absolute atomic E-state index is 0.0835. The molecule has 10 heteroatoms. The summed E-state index contributed by atoms with van der Waals surface area (Å²) in [5.74, 6) is 0.991. The van der Waals surface area contributed by atoms with E-state index in [1.165, 1.54) is 0 Å². The zero-order valence-electron chi connectivity index (χ0n) is 17.7. The smallest absolute Gasteiger partial charge is 0.254 e. The summed E-state index contributed by atoms with van der Waals surface area (Å²) < 4.78 is 1.70. The first-order valence-corrected chi connectivity index (χ1v) is 10.2. The minimum atomic E-state index is -0.414. The highest BCUT2D eigenvalue weighted by Crippen LogP contribution is 2.25. The van der Waals surface area contributed by atoms with Crippen molar-refractivity contribution in [2.45, 2.75) is 6.10 Å². The van der Waals surface area contributed by atoms with Crippen molar-refractivity contribution < 1.29 is 9.90 Å². The van der Waals surface area contributed by atoms with Gasteiger partial charge in [0.2, 0.25) is 11.9 Å². The van der Waals surface area contributed by atoms with Crippen molar-refractivity contribution >= 4 is 29.1 Å². The Labute approximate surface area is 184 Å². The van der Waals surface area contributed by atoms with Crippen LogP contribution in [0.15, 0.2) is 55.0 Å². The number of nitrogens with zero attached hydrogens (tertiary/aromatic N) is 7.